The first-order valence-electron chi connectivity index (χ1n) is 23.2. The van der Waals surface area contributed by atoms with Crippen molar-refractivity contribution >= 4 is 31.4 Å². The lowest BCUT2D eigenvalue weighted by molar-refractivity contribution is -0.118. The van der Waals surface area contributed by atoms with Gasteiger partial charge in [0.05, 0.1) is 76.6 Å². The molecule has 16 heteroatoms. The number of nitriles is 1. The molecule has 70 heavy (non-hydrogen) atoms. The molecule has 0 spiro atoms. The lowest BCUT2D eigenvalue weighted by Crippen LogP contribution is -2.39. The maximum Gasteiger partial charge on any atom is 0.263 e. The third-order valence-electron chi connectivity index (χ3n) is 11.6. The zero-order chi connectivity index (χ0) is 50.4. The SMILES string of the molecule is C#CCN(CC#C)CC#Cc1cn([C@H]2C[C@H](OP(OCCC#N)N(C(C)C)C(C)C)[C@@H](COC(c3ccccc3)(c3ccc(OC)cc3)c3ccc(OC)cc3)O2)c2nc(NC(=O)C(C)C)[nH]c(=O)c12. The van der Waals surface area contributed by atoms with E-state index in [0.29, 0.717) is 30.2 Å². The van der Waals surface area contributed by atoms with Crippen LogP contribution in [0.4, 0.5) is 5.95 Å². The molecule has 5 aromatic rings. The Morgan fingerprint density at radius 1 is 0.929 bits per heavy atom. The van der Waals surface area contributed by atoms with Gasteiger partial charge in [0.1, 0.15) is 29.4 Å². The van der Waals surface area contributed by atoms with Crippen molar-refractivity contribution in [2.45, 2.75) is 90.5 Å². The zero-order valence-electron chi connectivity index (χ0n) is 41.1. The number of ether oxygens (including phenoxy) is 4. The standard InChI is InChI=1S/C54H62N7O8P/c1-11-30-59(31-12-2)32-16-18-40-35-60(50-49(40)52(63)58-53(56-50)57-51(62)37(3)4)48-34-46(69-70(67-33-17-29-55)61(38(5)6)39(7)8)47(68-48)36-66-54(41-19-14-13-15-20-41,42-21-25-44(64-9)26-22-42)43-23-27-45(65-10)28-24-43/h1-2,13-15,19-28,35,37-39,46-48H,17,30-34,36H2,3-10H3,(H2,56,57,58,62,63)/t46-,47+,48+,70?/m0/s1. The van der Waals surface area contributed by atoms with E-state index in [-0.39, 0.29) is 73.5 Å². The van der Waals surface area contributed by atoms with Crippen LogP contribution in [-0.4, -0.2) is 101 Å². The molecule has 1 amide bonds. The third-order valence-corrected chi connectivity index (χ3v) is 13.8. The summed E-state index contributed by atoms with van der Waals surface area (Å²) < 4.78 is 43.2. The van der Waals surface area contributed by atoms with E-state index in [4.69, 9.17) is 45.8 Å². The Balaban J connectivity index is 1.51. The Hall–Kier alpha value is -6.49. The van der Waals surface area contributed by atoms with Gasteiger partial charge in [0.25, 0.3) is 14.1 Å². The van der Waals surface area contributed by atoms with Gasteiger partial charge in [0, 0.05) is 30.6 Å². The number of nitrogens with zero attached hydrogens (tertiary/aromatic N) is 5. The van der Waals surface area contributed by atoms with Gasteiger partial charge in [0.15, 0.2) is 5.65 Å². The van der Waals surface area contributed by atoms with Crippen molar-refractivity contribution < 1.29 is 32.8 Å². The molecule has 1 aliphatic rings. The molecule has 1 aliphatic heterocycles. The maximum atomic E-state index is 14.1. The molecule has 6 rings (SSSR count). The Morgan fingerprint density at radius 2 is 1.53 bits per heavy atom. The van der Waals surface area contributed by atoms with Gasteiger partial charge in [-0.1, -0.05) is 92.1 Å². The zero-order valence-corrected chi connectivity index (χ0v) is 42.0. The van der Waals surface area contributed by atoms with Crippen molar-refractivity contribution in [1.29, 1.82) is 5.26 Å². The van der Waals surface area contributed by atoms with E-state index >= 15 is 0 Å². The number of fused-ring (bicyclic) bond motifs is 1. The first-order chi connectivity index (χ1) is 33.8. The number of benzene rings is 3. The summed E-state index contributed by atoms with van der Waals surface area (Å²) in [5.74, 6) is 12.1. The molecule has 4 atom stereocenters. The molecule has 1 fully saturated rings. The summed E-state index contributed by atoms with van der Waals surface area (Å²) in [5.41, 5.74) is 1.41. The Labute approximate surface area is 412 Å². The largest absolute Gasteiger partial charge is 0.497 e. The van der Waals surface area contributed by atoms with Crippen molar-refractivity contribution in [2.75, 3.05) is 52.4 Å². The summed E-state index contributed by atoms with van der Waals surface area (Å²) in [6.07, 6.45) is 11.1. The molecule has 2 aromatic heterocycles. The average molecular weight is 968 g/mol. The van der Waals surface area contributed by atoms with Crippen LogP contribution in [0.1, 0.15) is 82.9 Å². The van der Waals surface area contributed by atoms with E-state index in [9.17, 15) is 14.9 Å². The minimum Gasteiger partial charge on any atom is -0.497 e. The molecule has 1 unspecified atom stereocenters. The Kier molecular flexibility index (Phi) is 18.8. The first-order valence-corrected chi connectivity index (χ1v) is 24.3. The number of rotatable bonds is 22. The van der Waals surface area contributed by atoms with Crippen molar-refractivity contribution in [3.63, 3.8) is 0 Å². The van der Waals surface area contributed by atoms with Crippen LogP contribution in [-0.2, 0) is 28.9 Å². The van der Waals surface area contributed by atoms with Crippen molar-refractivity contribution in [3.05, 3.63) is 118 Å². The molecule has 15 nitrogen and oxygen atoms in total. The lowest BCUT2D eigenvalue weighted by atomic mass is 9.80. The number of terminal acetylenes is 2. The number of carbonyl (C=O) groups is 1. The van der Waals surface area contributed by atoms with Crippen LogP contribution in [0.25, 0.3) is 11.0 Å². The predicted octanol–water partition coefficient (Wildman–Crippen LogP) is 8.21. The minimum absolute atomic E-state index is 0.00535. The van der Waals surface area contributed by atoms with Crippen molar-refractivity contribution in [1.82, 2.24) is 24.1 Å². The van der Waals surface area contributed by atoms with E-state index < -0.39 is 38.1 Å². The summed E-state index contributed by atoms with van der Waals surface area (Å²) in [7, 11) is 1.49. The molecule has 0 bridgehead atoms. The quantitative estimate of drug-likeness (QED) is 0.0296. The van der Waals surface area contributed by atoms with Gasteiger partial charge in [-0.25, -0.2) is 4.67 Å². The number of aromatic amines is 1. The number of hydrogen-bond acceptors (Lipinski definition) is 12. The highest BCUT2D eigenvalue weighted by Gasteiger charge is 2.45. The number of aromatic nitrogens is 3. The smallest absolute Gasteiger partial charge is 0.263 e. The number of amides is 1. The highest BCUT2D eigenvalue weighted by molar-refractivity contribution is 7.44. The van der Waals surface area contributed by atoms with Crippen molar-refractivity contribution in [3.8, 4) is 54.1 Å². The van der Waals surface area contributed by atoms with Crippen LogP contribution >= 0.6 is 8.53 Å². The van der Waals surface area contributed by atoms with Crippen LogP contribution in [0, 0.1) is 53.8 Å². The molecule has 2 N–H and O–H groups in total. The summed E-state index contributed by atoms with van der Waals surface area (Å²) in [4.78, 5) is 36.4. The van der Waals surface area contributed by atoms with Crippen molar-refractivity contribution in [2.24, 2.45) is 5.92 Å². The first kappa shape index (κ1) is 52.9. The fraction of sp³-hybridized carbons (Fsp3) is 0.407. The normalized spacial score (nSPS) is 16.2. The number of nitrogens with one attached hydrogen (secondary N) is 2. The van der Waals surface area contributed by atoms with Crippen LogP contribution in [0.2, 0.25) is 0 Å². The maximum absolute atomic E-state index is 14.1. The molecule has 0 radical (unpaired) electrons. The predicted molar refractivity (Wildman–Crippen MR) is 272 cm³/mol. The molecule has 0 saturated carbocycles. The summed E-state index contributed by atoms with van der Waals surface area (Å²) in [6, 6.07) is 27.7. The van der Waals surface area contributed by atoms with Crippen LogP contribution in [0.3, 0.4) is 0 Å². The second-order valence-corrected chi connectivity index (χ2v) is 18.8. The van der Waals surface area contributed by atoms with Gasteiger partial charge in [-0.15, -0.1) is 12.8 Å². The highest BCUT2D eigenvalue weighted by atomic mass is 31.2. The molecule has 3 aromatic carbocycles. The van der Waals surface area contributed by atoms with Gasteiger partial charge < -0.3 is 32.6 Å². The fourth-order valence-corrected chi connectivity index (χ4v) is 10.0. The fourth-order valence-electron chi connectivity index (χ4n) is 8.29. The third kappa shape index (κ3) is 12.4. The van der Waals surface area contributed by atoms with Crippen LogP contribution in [0.15, 0.2) is 89.9 Å². The molecule has 1 saturated heterocycles. The average Bonchev–Trinajstić information content (AvgIpc) is 3.93. The van der Waals surface area contributed by atoms with E-state index in [1.54, 1.807) is 38.8 Å². The topological polar surface area (TPSA) is 165 Å². The van der Waals surface area contributed by atoms with E-state index in [1.165, 1.54) is 0 Å². The second-order valence-electron chi connectivity index (χ2n) is 17.4. The number of H-pyrrole nitrogens is 1. The van der Waals surface area contributed by atoms with E-state index in [1.807, 2.05) is 83.8 Å². The lowest BCUT2D eigenvalue weighted by Gasteiger charge is -2.39. The van der Waals surface area contributed by atoms with Gasteiger partial charge in [0.2, 0.25) is 11.9 Å². The molecular weight excluding hydrogens is 906 g/mol. The molecule has 3 heterocycles. The highest BCUT2D eigenvalue weighted by Crippen LogP contribution is 2.51. The van der Waals surface area contributed by atoms with E-state index in [0.717, 1.165) is 16.7 Å². The minimum atomic E-state index is -1.76. The number of hydrogen-bond donors (Lipinski definition) is 2. The van der Waals surface area contributed by atoms with Gasteiger partial charge in [-0.2, -0.15) is 10.2 Å². The number of methoxy groups -OCH3 is 2. The Morgan fingerprint density at radius 3 is 2.07 bits per heavy atom. The molecular formula is C54H62N7O8P. The second kappa shape index (κ2) is 24.9. The van der Waals surface area contributed by atoms with Crippen LogP contribution in [0.5, 0.6) is 11.5 Å². The van der Waals surface area contributed by atoms with E-state index in [2.05, 4.69) is 72.4 Å². The summed E-state index contributed by atoms with van der Waals surface area (Å²) in [5, 5.41) is 12.5. The number of anilines is 1. The van der Waals surface area contributed by atoms with Gasteiger partial charge in [-0.05, 0) is 68.7 Å². The Bertz CT molecular complexity index is 2710. The summed E-state index contributed by atoms with van der Waals surface area (Å²) in [6.45, 7) is 12.8. The monoisotopic (exact) mass is 967 g/mol. The number of carbonyl (C=O) groups excluding carboxylic acids is 1. The van der Waals surface area contributed by atoms with Gasteiger partial charge in [-0.3, -0.25) is 24.8 Å². The van der Waals surface area contributed by atoms with Crippen LogP contribution < -0.4 is 20.3 Å². The molecule has 0 aliphatic carbocycles. The summed E-state index contributed by atoms with van der Waals surface area (Å²) >= 11 is 0. The molecule has 366 valence electrons. The van der Waals surface area contributed by atoms with Gasteiger partial charge >= 0.3 is 0 Å².